The van der Waals surface area contributed by atoms with Crippen LogP contribution in [0.15, 0.2) is 24.3 Å². The molecule has 2 nitrogen and oxygen atoms in total. The van der Waals surface area contributed by atoms with Gasteiger partial charge in [-0.2, -0.15) is 13.2 Å². The number of nitrogens with zero attached hydrogens (tertiary/aromatic N) is 1. The van der Waals surface area contributed by atoms with Gasteiger partial charge in [0.05, 0.1) is 5.92 Å². The van der Waals surface area contributed by atoms with Gasteiger partial charge in [0.25, 0.3) is 0 Å². The van der Waals surface area contributed by atoms with Crippen LogP contribution in [0.4, 0.5) is 13.2 Å². The first-order chi connectivity index (χ1) is 8.95. The van der Waals surface area contributed by atoms with Crippen molar-refractivity contribution in [1.82, 2.24) is 10.2 Å². The highest BCUT2D eigenvalue weighted by Crippen LogP contribution is 2.27. The van der Waals surface area contributed by atoms with Crippen LogP contribution in [0.25, 0.3) is 0 Å². The summed E-state index contributed by atoms with van der Waals surface area (Å²) in [5.74, 6) is -1.28. The zero-order valence-electron chi connectivity index (χ0n) is 11.0. The predicted molar refractivity (Wildman–Crippen MR) is 68.9 cm³/mol. The van der Waals surface area contributed by atoms with E-state index in [1.807, 2.05) is 36.1 Å². The molecule has 0 aromatic heterocycles. The van der Waals surface area contributed by atoms with Crippen LogP contribution in [0.5, 0.6) is 0 Å². The Hall–Kier alpha value is -1.07. The summed E-state index contributed by atoms with van der Waals surface area (Å²) in [4.78, 5) is 1.88. The van der Waals surface area contributed by atoms with Crippen molar-refractivity contribution in [3.63, 3.8) is 0 Å². The Morgan fingerprint density at radius 1 is 1.26 bits per heavy atom. The molecule has 2 rings (SSSR count). The van der Waals surface area contributed by atoms with Crippen molar-refractivity contribution in [3.05, 3.63) is 35.4 Å². The predicted octanol–water partition coefficient (Wildman–Crippen LogP) is 2.58. The van der Waals surface area contributed by atoms with Gasteiger partial charge in [0.15, 0.2) is 0 Å². The molecule has 0 bridgehead atoms. The van der Waals surface area contributed by atoms with Crippen LogP contribution in [0, 0.1) is 12.8 Å². The van der Waals surface area contributed by atoms with Crippen molar-refractivity contribution >= 4 is 0 Å². The average Bonchev–Trinajstić information content (AvgIpc) is 2.57. The van der Waals surface area contributed by atoms with Gasteiger partial charge in [0, 0.05) is 32.7 Å². The van der Waals surface area contributed by atoms with Crippen LogP contribution in [-0.2, 0) is 6.54 Å². The smallest absolute Gasteiger partial charge is 0.315 e. The van der Waals surface area contributed by atoms with Crippen LogP contribution < -0.4 is 5.32 Å². The fourth-order valence-corrected chi connectivity index (χ4v) is 2.30. The molecule has 0 radical (unpaired) electrons. The molecule has 1 heterocycles. The lowest BCUT2D eigenvalue weighted by molar-refractivity contribution is -0.176. The average molecular weight is 272 g/mol. The maximum Gasteiger partial charge on any atom is 0.394 e. The molecule has 1 atom stereocenters. The van der Waals surface area contributed by atoms with Crippen molar-refractivity contribution in [1.29, 1.82) is 0 Å². The summed E-state index contributed by atoms with van der Waals surface area (Å²) in [5, 5.41) is 2.87. The van der Waals surface area contributed by atoms with Gasteiger partial charge in [-0.05, 0) is 12.5 Å². The molecule has 1 aliphatic rings. The lowest BCUT2D eigenvalue weighted by Gasteiger charge is -2.25. The van der Waals surface area contributed by atoms with E-state index in [0.29, 0.717) is 19.6 Å². The van der Waals surface area contributed by atoms with E-state index in [1.165, 1.54) is 0 Å². The molecule has 0 amide bonds. The number of hydrogen-bond donors (Lipinski definition) is 1. The summed E-state index contributed by atoms with van der Waals surface area (Å²) in [5.41, 5.74) is 2.22. The Labute approximate surface area is 111 Å². The molecule has 5 heteroatoms. The second-order valence-electron chi connectivity index (χ2n) is 5.16. The van der Waals surface area contributed by atoms with Gasteiger partial charge in [-0.25, -0.2) is 0 Å². The summed E-state index contributed by atoms with van der Waals surface area (Å²) in [6.45, 7) is 3.94. The summed E-state index contributed by atoms with van der Waals surface area (Å²) < 4.78 is 38.5. The molecule has 0 saturated carbocycles. The Balaban J connectivity index is 2.00. The number of halogens is 3. The fourth-order valence-electron chi connectivity index (χ4n) is 2.30. The third kappa shape index (κ3) is 4.21. The highest BCUT2D eigenvalue weighted by atomic mass is 19.4. The largest absolute Gasteiger partial charge is 0.394 e. The molecule has 1 aromatic carbocycles. The van der Waals surface area contributed by atoms with E-state index in [0.717, 1.165) is 11.1 Å². The molecule has 1 N–H and O–H groups in total. The van der Waals surface area contributed by atoms with Gasteiger partial charge in [0.1, 0.15) is 0 Å². The Kier molecular flexibility index (Phi) is 4.47. The summed E-state index contributed by atoms with van der Waals surface area (Å²) in [7, 11) is 0. The fraction of sp³-hybridized carbons (Fsp3) is 0.571. The van der Waals surface area contributed by atoms with Crippen molar-refractivity contribution in [2.24, 2.45) is 5.92 Å². The minimum absolute atomic E-state index is 0.0217. The van der Waals surface area contributed by atoms with Gasteiger partial charge < -0.3 is 5.32 Å². The van der Waals surface area contributed by atoms with Gasteiger partial charge in [-0.1, -0.05) is 29.8 Å². The monoisotopic (exact) mass is 272 g/mol. The topological polar surface area (TPSA) is 15.3 Å². The van der Waals surface area contributed by atoms with Crippen molar-refractivity contribution in [2.45, 2.75) is 19.6 Å². The molecular weight excluding hydrogens is 253 g/mol. The molecule has 1 aliphatic heterocycles. The quantitative estimate of drug-likeness (QED) is 0.890. The Morgan fingerprint density at radius 2 is 1.95 bits per heavy atom. The Morgan fingerprint density at radius 3 is 2.58 bits per heavy atom. The number of rotatable bonds is 2. The van der Waals surface area contributed by atoms with E-state index >= 15 is 0 Å². The number of nitrogens with one attached hydrogen (secondary N) is 1. The maximum atomic E-state index is 12.8. The molecule has 106 valence electrons. The van der Waals surface area contributed by atoms with Crippen LogP contribution in [-0.4, -0.2) is 37.3 Å². The van der Waals surface area contributed by atoms with E-state index in [1.54, 1.807) is 0 Å². The van der Waals surface area contributed by atoms with E-state index < -0.39 is 12.1 Å². The summed E-state index contributed by atoms with van der Waals surface area (Å²) in [6.07, 6.45) is -4.12. The maximum absolute atomic E-state index is 12.8. The van der Waals surface area contributed by atoms with Crippen LogP contribution in [0.1, 0.15) is 11.1 Å². The zero-order chi connectivity index (χ0) is 13.9. The van der Waals surface area contributed by atoms with Crippen LogP contribution >= 0.6 is 0 Å². The van der Waals surface area contributed by atoms with Gasteiger partial charge in [0.2, 0.25) is 0 Å². The molecule has 0 spiro atoms. The molecular formula is C14H19F3N2. The van der Waals surface area contributed by atoms with E-state index in [-0.39, 0.29) is 13.1 Å². The second kappa shape index (κ2) is 5.92. The standard InChI is InChI=1S/C14H19F3N2/c1-11-2-4-12(5-3-11)9-19-7-6-18-8-13(10-19)14(15,16)17/h2-5,13,18H,6-10H2,1H3. The molecule has 0 aliphatic carbocycles. The first kappa shape index (κ1) is 14.3. The number of aryl methyl sites for hydroxylation is 1. The van der Waals surface area contributed by atoms with E-state index in [2.05, 4.69) is 5.32 Å². The van der Waals surface area contributed by atoms with Crippen LogP contribution in [0.3, 0.4) is 0 Å². The SMILES string of the molecule is Cc1ccc(CN2CCNCC(C(F)(F)F)C2)cc1. The van der Waals surface area contributed by atoms with E-state index in [9.17, 15) is 13.2 Å². The number of benzene rings is 1. The van der Waals surface area contributed by atoms with Crippen LogP contribution in [0.2, 0.25) is 0 Å². The third-order valence-electron chi connectivity index (χ3n) is 3.46. The highest BCUT2D eigenvalue weighted by molar-refractivity contribution is 5.21. The normalized spacial score (nSPS) is 22.2. The van der Waals surface area contributed by atoms with E-state index in [4.69, 9.17) is 0 Å². The summed E-state index contributed by atoms with van der Waals surface area (Å²) >= 11 is 0. The third-order valence-corrected chi connectivity index (χ3v) is 3.46. The molecule has 1 saturated heterocycles. The first-order valence-corrected chi connectivity index (χ1v) is 6.50. The van der Waals surface area contributed by atoms with Crippen molar-refractivity contribution < 1.29 is 13.2 Å². The van der Waals surface area contributed by atoms with Gasteiger partial charge in [-0.15, -0.1) is 0 Å². The molecule has 19 heavy (non-hydrogen) atoms. The molecule has 1 fully saturated rings. The Bertz CT molecular complexity index is 400. The van der Waals surface area contributed by atoms with Crippen molar-refractivity contribution in [2.75, 3.05) is 26.2 Å². The lowest BCUT2D eigenvalue weighted by Crippen LogP contribution is -2.37. The second-order valence-corrected chi connectivity index (χ2v) is 5.16. The van der Waals surface area contributed by atoms with Gasteiger partial charge in [-0.3, -0.25) is 4.90 Å². The zero-order valence-corrected chi connectivity index (χ0v) is 11.0. The lowest BCUT2D eigenvalue weighted by atomic mass is 10.1. The minimum Gasteiger partial charge on any atom is -0.315 e. The van der Waals surface area contributed by atoms with Gasteiger partial charge >= 0.3 is 6.18 Å². The summed E-state index contributed by atoms with van der Waals surface area (Å²) in [6, 6.07) is 7.95. The minimum atomic E-state index is -4.12. The number of alkyl halides is 3. The molecule has 1 aromatic rings. The number of hydrogen-bond acceptors (Lipinski definition) is 2. The van der Waals surface area contributed by atoms with Crippen molar-refractivity contribution in [3.8, 4) is 0 Å². The molecule has 1 unspecified atom stereocenters. The highest BCUT2D eigenvalue weighted by Gasteiger charge is 2.40. The first-order valence-electron chi connectivity index (χ1n) is 6.50.